The van der Waals surface area contributed by atoms with Crippen molar-refractivity contribution in [2.45, 2.75) is 18.3 Å². The third-order valence-electron chi connectivity index (χ3n) is 2.44. The van der Waals surface area contributed by atoms with E-state index in [0.29, 0.717) is 5.75 Å². The summed E-state index contributed by atoms with van der Waals surface area (Å²) >= 11 is 3.06. The highest BCUT2D eigenvalue weighted by Gasteiger charge is 2.41. The number of rotatable bonds is 2. The van der Waals surface area contributed by atoms with Crippen molar-refractivity contribution in [3.63, 3.8) is 0 Å². The molecule has 4 nitrogen and oxygen atoms in total. The molecule has 1 aliphatic rings. The van der Waals surface area contributed by atoms with Gasteiger partial charge in [-0.2, -0.15) is 0 Å². The predicted octanol–water partition coefficient (Wildman–Crippen LogP) is 1.80. The van der Waals surface area contributed by atoms with Crippen molar-refractivity contribution >= 4 is 35.0 Å². The maximum Gasteiger partial charge on any atom is 0.327 e. The minimum absolute atomic E-state index is 0.140. The Balaban J connectivity index is 2.28. The maximum absolute atomic E-state index is 11.5. The van der Waals surface area contributed by atoms with Crippen LogP contribution in [0.25, 0.3) is 0 Å². The van der Waals surface area contributed by atoms with E-state index in [0.717, 1.165) is 4.88 Å². The molecule has 6 heteroatoms. The van der Waals surface area contributed by atoms with E-state index in [1.807, 2.05) is 17.5 Å². The molecular formula is C10H11NO3S2. The first kappa shape index (κ1) is 11.5. The zero-order valence-corrected chi connectivity index (χ0v) is 10.3. The van der Waals surface area contributed by atoms with Crippen molar-refractivity contribution in [2.75, 3.05) is 5.75 Å². The lowest BCUT2D eigenvalue weighted by Crippen LogP contribution is -2.41. The highest BCUT2D eigenvalue weighted by atomic mass is 32.2. The predicted molar refractivity (Wildman–Crippen MR) is 63.5 cm³/mol. The Morgan fingerprint density at radius 2 is 2.31 bits per heavy atom. The van der Waals surface area contributed by atoms with Gasteiger partial charge in [-0.3, -0.25) is 4.79 Å². The number of amides is 1. The Kier molecular flexibility index (Phi) is 3.20. The molecule has 86 valence electrons. The number of carboxylic acids is 1. The molecule has 0 unspecified atom stereocenters. The van der Waals surface area contributed by atoms with E-state index in [2.05, 4.69) is 0 Å². The van der Waals surface area contributed by atoms with Gasteiger partial charge in [-0.25, -0.2) is 4.79 Å². The summed E-state index contributed by atoms with van der Waals surface area (Å²) in [6.45, 7) is 1.42. The molecule has 0 aliphatic carbocycles. The number of aliphatic carboxylic acids is 1. The number of carbonyl (C=O) groups excluding carboxylic acids is 1. The molecule has 1 aliphatic heterocycles. The molecule has 0 bridgehead atoms. The molecular weight excluding hydrogens is 246 g/mol. The molecule has 1 saturated heterocycles. The van der Waals surface area contributed by atoms with Crippen molar-refractivity contribution < 1.29 is 14.7 Å². The van der Waals surface area contributed by atoms with Crippen LogP contribution in [0.4, 0.5) is 0 Å². The van der Waals surface area contributed by atoms with E-state index in [1.165, 1.54) is 23.6 Å². The number of hydrogen-bond acceptors (Lipinski definition) is 4. The van der Waals surface area contributed by atoms with Gasteiger partial charge in [-0.05, 0) is 11.4 Å². The van der Waals surface area contributed by atoms with Crippen LogP contribution in [0.15, 0.2) is 17.5 Å². The monoisotopic (exact) mass is 257 g/mol. The molecule has 1 fully saturated rings. The molecule has 0 spiro atoms. The Bertz CT molecular complexity index is 404. The lowest BCUT2D eigenvalue weighted by molar-refractivity contribution is -0.148. The molecule has 1 N–H and O–H groups in total. The van der Waals surface area contributed by atoms with Crippen molar-refractivity contribution in [2.24, 2.45) is 0 Å². The Morgan fingerprint density at radius 3 is 2.81 bits per heavy atom. The Hall–Kier alpha value is -1.01. The van der Waals surface area contributed by atoms with Gasteiger partial charge in [-0.15, -0.1) is 23.1 Å². The van der Waals surface area contributed by atoms with E-state index in [1.54, 1.807) is 11.3 Å². The maximum atomic E-state index is 11.5. The first-order chi connectivity index (χ1) is 7.61. The minimum atomic E-state index is -0.929. The lowest BCUT2D eigenvalue weighted by Gasteiger charge is -2.25. The second-order valence-corrected chi connectivity index (χ2v) is 5.57. The summed E-state index contributed by atoms with van der Waals surface area (Å²) in [5.41, 5.74) is 0. The quantitative estimate of drug-likeness (QED) is 0.877. The summed E-state index contributed by atoms with van der Waals surface area (Å²) in [7, 11) is 0. The SMILES string of the molecule is CC(=O)N1[C@@H](C(=O)O)CS[C@H]1c1cccs1. The van der Waals surface area contributed by atoms with Crippen LogP contribution in [0.1, 0.15) is 17.2 Å². The van der Waals surface area contributed by atoms with Gasteiger partial charge in [0.05, 0.1) is 0 Å². The standard InChI is InChI=1S/C10H11NO3S2/c1-6(12)11-7(10(13)14)5-16-9(11)8-3-2-4-15-8/h2-4,7,9H,5H2,1H3,(H,13,14)/t7-,9+/m1/s1. The van der Waals surface area contributed by atoms with Crippen LogP contribution in [0, 0.1) is 0 Å². The van der Waals surface area contributed by atoms with Crippen LogP contribution in [0.3, 0.4) is 0 Å². The van der Waals surface area contributed by atoms with Gasteiger partial charge in [0.25, 0.3) is 0 Å². The normalized spacial score (nSPS) is 24.7. The smallest absolute Gasteiger partial charge is 0.327 e. The molecule has 0 aromatic carbocycles. The van der Waals surface area contributed by atoms with Crippen LogP contribution >= 0.6 is 23.1 Å². The van der Waals surface area contributed by atoms with Crippen LogP contribution < -0.4 is 0 Å². The Labute approximate surface area is 101 Å². The number of carboxylic acid groups (broad SMARTS) is 1. The van der Waals surface area contributed by atoms with Gasteiger partial charge in [-0.1, -0.05) is 6.07 Å². The van der Waals surface area contributed by atoms with E-state index < -0.39 is 12.0 Å². The van der Waals surface area contributed by atoms with Gasteiger partial charge in [0.15, 0.2) is 0 Å². The third kappa shape index (κ3) is 1.94. The second kappa shape index (κ2) is 4.47. The molecule has 2 atom stereocenters. The highest BCUT2D eigenvalue weighted by molar-refractivity contribution is 7.99. The van der Waals surface area contributed by atoms with E-state index in [4.69, 9.17) is 5.11 Å². The molecule has 0 saturated carbocycles. The first-order valence-corrected chi connectivity index (χ1v) is 6.71. The number of thiophene rings is 1. The number of hydrogen-bond donors (Lipinski definition) is 1. The zero-order chi connectivity index (χ0) is 11.7. The molecule has 1 aromatic rings. The van der Waals surface area contributed by atoms with Crippen molar-refractivity contribution in [1.82, 2.24) is 4.90 Å². The number of thioether (sulfide) groups is 1. The third-order valence-corrected chi connectivity index (χ3v) is 4.81. The number of nitrogens with zero attached hydrogens (tertiary/aromatic N) is 1. The van der Waals surface area contributed by atoms with Crippen LogP contribution in [-0.4, -0.2) is 33.7 Å². The van der Waals surface area contributed by atoms with Crippen LogP contribution in [0.2, 0.25) is 0 Å². The van der Waals surface area contributed by atoms with Crippen molar-refractivity contribution in [1.29, 1.82) is 0 Å². The summed E-state index contributed by atoms with van der Waals surface area (Å²) in [6.07, 6.45) is 0. The largest absolute Gasteiger partial charge is 0.480 e. The van der Waals surface area contributed by atoms with Crippen molar-refractivity contribution in [3.05, 3.63) is 22.4 Å². The molecule has 0 radical (unpaired) electrons. The highest BCUT2D eigenvalue weighted by Crippen LogP contribution is 2.42. The zero-order valence-electron chi connectivity index (χ0n) is 8.62. The van der Waals surface area contributed by atoms with E-state index in [9.17, 15) is 9.59 Å². The summed E-state index contributed by atoms with van der Waals surface area (Å²) < 4.78 is 0. The van der Waals surface area contributed by atoms with Crippen LogP contribution in [-0.2, 0) is 9.59 Å². The average molecular weight is 257 g/mol. The fraction of sp³-hybridized carbons (Fsp3) is 0.400. The minimum Gasteiger partial charge on any atom is -0.480 e. The van der Waals surface area contributed by atoms with Crippen molar-refractivity contribution in [3.8, 4) is 0 Å². The van der Waals surface area contributed by atoms with Crippen LogP contribution in [0.5, 0.6) is 0 Å². The average Bonchev–Trinajstić information content (AvgIpc) is 2.85. The Morgan fingerprint density at radius 1 is 1.56 bits per heavy atom. The topological polar surface area (TPSA) is 57.6 Å². The molecule has 2 rings (SSSR count). The van der Waals surface area contributed by atoms with Gasteiger partial charge < -0.3 is 10.0 Å². The fourth-order valence-corrected chi connectivity index (χ4v) is 4.17. The molecule has 1 amide bonds. The summed E-state index contributed by atoms with van der Waals surface area (Å²) in [6, 6.07) is 3.14. The number of carbonyl (C=O) groups is 2. The second-order valence-electron chi connectivity index (χ2n) is 3.48. The molecule has 2 heterocycles. The summed E-state index contributed by atoms with van der Waals surface area (Å²) in [5.74, 6) is -0.658. The summed E-state index contributed by atoms with van der Waals surface area (Å²) in [5, 5.41) is 10.8. The van der Waals surface area contributed by atoms with E-state index in [-0.39, 0.29) is 11.3 Å². The fourth-order valence-electron chi connectivity index (χ4n) is 1.73. The van der Waals surface area contributed by atoms with E-state index >= 15 is 0 Å². The van der Waals surface area contributed by atoms with Gasteiger partial charge in [0.2, 0.25) is 5.91 Å². The lowest BCUT2D eigenvalue weighted by atomic mass is 10.2. The van der Waals surface area contributed by atoms with Gasteiger partial charge in [0, 0.05) is 17.6 Å². The van der Waals surface area contributed by atoms with Gasteiger partial charge in [0.1, 0.15) is 11.4 Å². The van der Waals surface area contributed by atoms with Gasteiger partial charge >= 0.3 is 5.97 Å². The molecule has 16 heavy (non-hydrogen) atoms. The summed E-state index contributed by atoms with van der Waals surface area (Å²) in [4.78, 5) is 25.0. The first-order valence-electron chi connectivity index (χ1n) is 4.78. The molecule has 1 aromatic heterocycles.